The lowest BCUT2D eigenvalue weighted by atomic mass is 9.81. The Balaban J connectivity index is 1.94. The summed E-state index contributed by atoms with van der Waals surface area (Å²) in [5.41, 5.74) is 2.96. The molecule has 134 valence electrons. The maximum atomic E-state index is 13.0. The van der Waals surface area contributed by atoms with Gasteiger partial charge < -0.3 is 5.32 Å². The fourth-order valence-corrected chi connectivity index (χ4v) is 5.03. The van der Waals surface area contributed by atoms with Gasteiger partial charge in [-0.05, 0) is 59.6 Å². The monoisotopic (exact) mass is 358 g/mol. The Labute approximate surface area is 154 Å². The van der Waals surface area contributed by atoms with E-state index in [1.165, 1.54) is 20.9 Å². The van der Waals surface area contributed by atoms with Gasteiger partial charge in [0.1, 0.15) is 18.8 Å². The second kappa shape index (κ2) is 6.22. The maximum Gasteiger partial charge on any atom is 0.253 e. The molecule has 2 aliphatic heterocycles. The maximum absolute atomic E-state index is 13.0. The van der Waals surface area contributed by atoms with E-state index < -0.39 is 0 Å². The summed E-state index contributed by atoms with van der Waals surface area (Å²) >= 11 is 1.80. The van der Waals surface area contributed by atoms with Crippen LogP contribution in [0.15, 0.2) is 34.6 Å². The van der Waals surface area contributed by atoms with Crippen LogP contribution in [0.4, 0.5) is 0 Å². The lowest BCUT2D eigenvalue weighted by Crippen LogP contribution is -2.52. The lowest BCUT2D eigenvalue weighted by Gasteiger charge is -2.39. The molecule has 3 heterocycles. The number of allylic oxidation sites excluding steroid dienone is 1. The minimum Gasteiger partial charge on any atom is -0.343 e. The van der Waals surface area contributed by atoms with Crippen LogP contribution in [0.2, 0.25) is 0 Å². The zero-order valence-corrected chi connectivity index (χ0v) is 16.8. The highest BCUT2D eigenvalue weighted by Gasteiger charge is 2.41. The SMILES string of the molecule is CC1=C(C[N+]2(C(C)C)C=CC=N2)C(=O)NC(C)(c2cc(C)sc2C)C1. The molecule has 0 saturated carbocycles. The first-order chi connectivity index (χ1) is 11.7. The molecule has 0 spiro atoms. The van der Waals surface area contributed by atoms with Crippen LogP contribution in [0, 0.1) is 13.8 Å². The van der Waals surface area contributed by atoms with Gasteiger partial charge in [0.15, 0.2) is 0 Å². The average Bonchev–Trinajstić information content (AvgIpc) is 3.10. The molecule has 2 unspecified atom stereocenters. The minimum absolute atomic E-state index is 0.0446. The molecular weight excluding hydrogens is 330 g/mol. The molecular formula is C20H28N3OS+. The van der Waals surface area contributed by atoms with Gasteiger partial charge >= 0.3 is 0 Å². The summed E-state index contributed by atoms with van der Waals surface area (Å²) in [5, 5.41) is 7.93. The summed E-state index contributed by atoms with van der Waals surface area (Å²) in [6, 6.07) is 2.51. The van der Waals surface area contributed by atoms with Crippen LogP contribution in [-0.4, -0.2) is 29.3 Å². The van der Waals surface area contributed by atoms with Crippen molar-refractivity contribution in [3.63, 3.8) is 0 Å². The van der Waals surface area contributed by atoms with E-state index in [9.17, 15) is 4.79 Å². The molecule has 1 aromatic heterocycles. The highest BCUT2D eigenvalue weighted by molar-refractivity contribution is 7.12. The van der Waals surface area contributed by atoms with Gasteiger partial charge in [-0.15, -0.1) is 11.3 Å². The molecule has 1 N–H and O–H groups in total. The number of thiophene rings is 1. The third-order valence-corrected chi connectivity index (χ3v) is 6.42. The summed E-state index contributed by atoms with van der Waals surface area (Å²) in [7, 11) is 0. The molecule has 0 saturated heterocycles. The largest absolute Gasteiger partial charge is 0.343 e. The van der Waals surface area contributed by atoms with Crippen molar-refractivity contribution < 1.29 is 9.39 Å². The number of amides is 1. The van der Waals surface area contributed by atoms with Crippen molar-refractivity contribution in [2.24, 2.45) is 5.10 Å². The van der Waals surface area contributed by atoms with E-state index in [4.69, 9.17) is 0 Å². The topological polar surface area (TPSA) is 41.5 Å². The van der Waals surface area contributed by atoms with Crippen molar-refractivity contribution in [2.45, 2.75) is 59.5 Å². The second-order valence-corrected chi connectivity index (χ2v) is 9.25. The average molecular weight is 359 g/mol. The number of carbonyl (C=O) groups is 1. The third kappa shape index (κ3) is 3.11. The van der Waals surface area contributed by atoms with Gasteiger partial charge in [-0.25, -0.2) is 0 Å². The van der Waals surface area contributed by atoms with Gasteiger partial charge in [0.25, 0.3) is 5.91 Å². The van der Waals surface area contributed by atoms with Crippen LogP contribution in [0.25, 0.3) is 0 Å². The standard InChI is InChI=1S/C20H27N3OS/c1-13(2)23(9-7-8-21-23)12-17-14(3)11-20(6,22-19(17)24)18-10-15(4)25-16(18)5/h7-10,13H,11-12H2,1-6H3/p+1. The number of hydrogen-bond donors (Lipinski definition) is 1. The number of nitrogens with zero attached hydrogens (tertiary/aromatic N) is 2. The van der Waals surface area contributed by atoms with Crippen LogP contribution >= 0.6 is 11.3 Å². The Morgan fingerprint density at radius 1 is 1.36 bits per heavy atom. The molecule has 25 heavy (non-hydrogen) atoms. The van der Waals surface area contributed by atoms with Crippen LogP contribution in [0.3, 0.4) is 0 Å². The van der Waals surface area contributed by atoms with Gasteiger partial charge in [0.2, 0.25) is 0 Å². The molecule has 0 fully saturated rings. The number of carbonyl (C=O) groups excluding carboxylic acids is 1. The van der Waals surface area contributed by atoms with Gasteiger partial charge in [-0.2, -0.15) is 4.59 Å². The zero-order valence-electron chi connectivity index (χ0n) is 16.0. The van der Waals surface area contributed by atoms with Crippen molar-refractivity contribution in [3.8, 4) is 0 Å². The van der Waals surface area contributed by atoms with Crippen LogP contribution in [-0.2, 0) is 10.3 Å². The summed E-state index contributed by atoms with van der Waals surface area (Å²) in [6.07, 6.45) is 6.73. The van der Waals surface area contributed by atoms with E-state index in [-0.39, 0.29) is 17.5 Å². The molecule has 5 heteroatoms. The number of aryl methyl sites for hydroxylation is 2. The van der Waals surface area contributed by atoms with E-state index >= 15 is 0 Å². The number of rotatable bonds is 4. The number of quaternary nitrogens is 1. The fraction of sp³-hybridized carbons (Fsp3) is 0.500. The van der Waals surface area contributed by atoms with Crippen molar-refractivity contribution in [1.82, 2.24) is 5.32 Å². The van der Waals surface area contributed by atoms with Gasteiger partial charge in [0, 0.05) is 15.8 Å². The fourth-order valence-electron chi connectivity index (χ4n) is 3.97. The molecule has 2 atom stereocenters. The van der Waals surface area contributed by atoms with Crippen molar-refractivity contribution in [2.75, 3.05) is 6.54 Å². The van der Waals surface area contributed by atoms with Crippen molar-refractivity contribution >= 4 is 23.5 Å². The highest BCUT2D eigenvalue weighted by atomic mass is 32.1. The first kappa shape index (κ1) is 18.1. The molecule has 3 rings (SSSR count). The van der Waals surface area contributed by atoms with Gasteiger partial charge in [0.05, 0.1) is 17.3 Å². The van der Waals surface area contributed by atoms with E-state index in [1.54, 1.807) is 11.3 Å². The van der Waals surface area contributed by atoms with Crippen LogP contribution in [0.1, 0.15) is 49.4 Å². The first-order valence-electron chi connectivity index (χ1n) is 8.86. The third-order valence-electron chi connectivity index (χ3n) is 5.45. The van der Waals surface area contributed by atoms with E-state index in [1.807, 2.05) is 12.3 Å². The Hall–Kier alpha value is -1.72. The predicted molar refractivity (Wildman–Crippen MR) is 105 cm³/mol. The molecule has 1 amide bonds. The highest BCUT2D eigenvalue weighted by Crippen LogP contribution is 2.39. The summed E-state index contributed by atoms with van der Waals surface area (Å²) in [4.78, 5) is 15.6. The van der Waals surface area contributed by atoms with E-state index in [0.29, 0.717) is 11.1 Å². The van der Waals surface area contributed by atoms with Gasteiger partial charge in [-0.1, -0.05) is 10.7 Å². The molecule has 0 aliphatic carbocycles. The quantitative estimate of drug-likeness (QED) is 0.807. The second-order valence-electron chi connectivity index (χ2n) is 7.79. The van der Waals surface area contributed by atoms with Gasteiger partial charge in [-0.3, -0.25) is 4.79 Å². The summed E-state index contributed by atoms with van der Waals surface area (Å²) < 4.78 is 0.466. The smallest absolute Gasteiger partial charge is 0.253 e. The summed E-state index contributed by atoms with van der Waals surface area (Å²) in [6.45, 7) is 13.4. The van der Waals surface area contributed by atoms with E-state index in [2.05, 4.69) is 64.2 Å². The molecule has 2 aliphatic rings. The van der Waals surface area contributed by atoms with Crippen LogP contribution < -0.4 is 5.32 Å². The number of nitrogens with one attached hydrogen (secondary N) is 1. The predicted octanol–water partition coefficient (Wildman–Crippen LogP) is 4.15. The molecule has 1 aromatic rings. The summed E-state index contributed by atoms with van der Waals surface area (Å²) in [5.74, 6) is 0.0446. The Bertz CT molecular complexity index is 788. The normalized spacial score (nSPS) is 29.0. The lowest BCUT2D eigenvalue weighted by molar-refractivity contribution is -0.899. The number of hydrogen-bond acceptors (Lipinski definition) is 3. The first-order valence-corrected chi connectivity index (χ1v) is 9.68. The Morgan fingerprint density at radius 3 is 2.56 bits per heavy atom. The zero-order chi connectivity index (χ0) is 18.4. The molecule has 0 bridgehead atoms. The molecule has 0 radical (unpaired) electrons. The Morgan fingerprint density at radius 2 is 2.08 bits per heavy atom. The molecule has 4 nitrogen and oxygen atoms in total. The Kier molecular flexibility index (Phi) is 4.50. The molecule has 0 aromatic carbocycles. The van der Waals surface area contributed by atoms with E-state index in [0.717, 1.165) is 12.0 Å². The minimum atomic E-state index is -0.327. The van der Waals surface area contributed by atoms with Crippen molar-refractivity contribution in [1.29, 1.82) is 0 Å². The van der Waals surface area contributed by atoms with Crippen molar-refractivity contribution in [3.05, 3.63) is 44.8 Å². The van der Waals surface area contributed by atoms with Crippen LogP contribution in [0.5, 0.6) is 0 Å².